The molecule has 116 valence electrons. The number of ether oxygens (including phenoxy) is 1. The predicted octanol–water partition coefficient (Wildman–Crippen LogP) is 1.43. The van der Waals surface area contributed by atoms with Gasteiger partial charge in [0.2, 0.25) is 0 Å². The number of aromatic nitrogens is 1. The average Bonchev–Trinajstić information content (AvgIpc) is 2.79. The van der Waals surface area contributed by atoms with E-state index in [-0.39, 0.29) is 25.0 Å². The Bertz CT molecular complexity index is 516. The number of amides is 1. The summed E-state index contributed by atoms with van der Waals surface area (Å²) < 4.78 is 7.43. The normalized spacial score (nSPS) is 16.2. The van der Waals surface area contributed by atoms with E-state index in [2.05, 4.69) is 0 Å². The van der Waals surface area contributed by atoms with Crippen LogP contribution in [-0.2, 0) is 16.6 Å². The Morgan fingerprint density at radius 1 is 1.33 bits per heavy atom. The Balaban J connectivity index is 1.82. The Morgan fingerprint density at radius 2 is 2.00 bits per heavy atom. The maximum atomic E-state index is 12.4. The fourth-order valence-corrected chi connectivity index (χ4v) is 2.53. The summed E-state index contributed by atoms with van der Waals surface area (Å²) >= 11 is 0. The number of aliphatic carboxylic acids is 1. The lowest BCUT2D eigenvalue weighted by Crippen LogP contribution is -2.41. The number of aryl methyl sites for hydroxylation is 1. The van der Waals surface area contributed by atoms with Gasteiger partial charge in [-0.2, -0.15) is 0 Å². The molecular formula is C15H22N2O4. The lowest BCUT2D eigenvalue weighted by Gasteiger charge is -2.32. The SMILES string of the molecule is Cc1ccc(C(=O)N2CCC(OCCC(=O)O)CC2)n1C. The van der Waals surface area contributed by atoms with Crippen LogP contribution in [0.1, 0.15) is 35.4 Å². The van der Waals surface area contributed by atoms with Crippen molar-refractivity contribution in [1.29, 1.82) is 0 Å². The molecule has 21 heavy (non-hydrogen) atoms. The molecule has 1 aliphatic heterocycles. The van der Waals surface area contributed by atoms with Crippen LogP contribution in [0.3, 0.4) is 0 Å². The van der Waals surface area contributed by atoms with Crippen LogP contribution in [0.15, 0.2) is 12.1 Å². The summed E-state index contributed by atoms with van der Waals surface area (Å²) in [5.74, 6) is -0.795. The molecule has 2 heterocycles. The minimum absolute atomic E-state index is 0.0295. The predicted molar refractivity (Wildman–Crippen MR) is 77.3 cm³/mol. The fourth-order valence-electron chi connectivity index (χ4n) is 2.53. The highest BCUT2D eigenvalue weighted by Crippen LogP contribution is 2.17. The average molecular weight is 294 g/mol. The van der Waals surface area contributed by atoms with Gasteiger partial charge in [-0.15, -0.1) is 0 Å². The molecule has 0 radical (unpaired) electrons. The summed E-state index contributed by atoms with van der Waals surface area (Å²) in [5.41, 5.74) is 1.77. The van der Waals surface area contributed by atoms with Crippen molar-refractivity contribution in [2.24, 2.45) is 7.05 Å². The van der Waals surface area contributed by atoms with Crippen molar-refractivity contribution < 1.29 is 19.4 Å². The second-order valence-corrected chi connectivity index (χ2v) is 5.43. The lowest BCUT2D eigenvalue weighted by atomic mass is 10.1. The molecule has 6 nitrogen and oxygen atoms in total. The molecule has 0 bridgehead atoms. The molecule has 2 rings (SSSR count). The van der Waals surface area contributed by atoms with Gasteiger partial charge in [-0.05, 0) is 31.9 Å². The van der Waals surface area contributed by atoms with E-state index < -0.39 is 5.97 Å². The number of carbonyl (C=O) groups is 2. The molecule has 1 N–H and O–H groups in total. The Kier molecular flexibility index (Phi) is 5.01. The molecular weight excluding hydrogens is 272 g/mol. The molecule has 0 unspecified atom stereocenters. The summed E-state index contributed by atoms with van der Waals surface area (Å²) in [6.07, 6.45) is 1.61. The molecule has 0 aromatic carbocycles. The maximum Gasteiger partial charge on any atom is 0.305 e. The first kappa shape index (κ1) is 15.6. The smallest absolute Gasteiger partial charge is 0.305 e. The van der Waals surface area contributed by atoms with E-state index in [4.69, 9.17) is 9.84 Å². The highest BCUT2D eigenvalue weighted by atomic mass is 16.5. The van der Waals surface area contributed by atoms with Gasteiger partial charge in [0, 0.05) is 25.8 Å². The maximum absolute atomic E-state index is 12.4. The molecule has 0 aliphatic carbocycles. The standard InChI is InChI=1S/C15H22N2O4/c1-11-3-4-13(16(11)2)15(20)17-8-5-12(6-9-17)21-10-7-14(18)19/h3-4,12H,5-10H2,1-2H3,(H,18,19). The third-order valence-corrected chi connectivity index (χ3v) is 3.99. The molecule has 1 amide bonds. The highest BCUT2D eigenvalue weighted by Gasteiger charge is 2.25. The van der Waals surface area contributed by atoms with Crippen LogP contribution in [0.25, 0.3) is 0 Å². The van der Waals surface area contributed by atoms with Gasteiger partial charge in [0.25, 0.3) is 5.91 Å². The first-order valence-corrected chi connectivity index (χ1v) is 7.24. The van der Waals surface area contributed by atoms with E-state index in [0.717, 1.165) is 18.5 Å². The van der Waals surface area contributed by atoms with Gasteiger partial charge in [0.1, 0.15) is 5.69 Å². The Morgan fingerprint density at radius 3 is 2.52 bits per heavy atom. The topological polar surface area (TPSA) is 71.8 Å². The quantitative estimate of drug-likeness (QED) is 0.891. The summed E-state index contributed by atoms with van der Waals surface area (Å²) in [5, 5.41) is 8.58. The highest BCUT2D eigenvalue weighted by molar-refractivity contribution is 5.93. The van der Waals surface area contributed by atoms with Gasteiger partial charge in [0.05, 0.1) is 19.1 Å². The van der Waals surface area contributed by atoms with Gasteiger partial charge in [0.15, 0.2) is 0 Å². The largest absolute Gasteiger partial charge is 0.481 e. The summed E-state index contributed by atoms with van der Waals surface area (Å²) in [6.45, 7) is 3.52. The monoisotopic (exact) mass is 294 g/mol. The molecule has 1 saturated heterocycles. The fraction of sp³-hybridized carbons (Fsp3) is 0.600. The number of rotatable bonds is 5. The molecule has 0 atom stereocenters. The van der Waals surface area contributed by atoms with Gasteiger partial charge in [-0.25, -0.2) is 0 Å². The minimum atomic E-state index is -0.846. The van der Waals surface area contributed by atoms with E-state index >= 15 is 0 Å². The van der Waals surface area contributed by atoms with E-state index in [0.29, 0.717) is 18.8 Å². The van der Waals surface area contributed by atoms with Crippen LogP contribution in [0.5, 0.6) is 0 Å². The zero-order valence-electron chi connectivity index (χ0n) is 12.5. The zero-order valence-corrected chi connectivity index (χ0v) is 12.5. The Hall–Kier alpha value is -1.82. The van der Waals surface area contributed by atoms with Crippen LogP contribution in [-0.4, -0.2) is 52.3 Å². The van der Waals surface area contributed by atoms with Crippen LogP contribution in [0.4, 0.5) is 0 Å². The van der Waals surface area contributed by atoms with E-state index in [1.807, 2.05) is 35.6 Å². The lowest BCUT2D eigenvalue weighted by molar-refractivity contribution is -0.138. The number of hydrogen-bond donors (Lipinski definition) is 1. The zero-order chi connectivity index (χ0) is 15.4. The van der Waals surface area contributed by atoms with E-state index in [1.54, 1.807) is 0 Å². The van der Waals surface area contributed by atoms with Gasteiger partial charge in [-0.1, -0.05) is 0 Å². The number of likely N-dealkylation sites (tertiary alicyclic amines) is 1. The summed E-state index contributed by atoms with van der Waals surface area (Å²) in [4.78, 5) is 24.7. The second-order valence-electron chi connectivity index (χ2n) is 5.43. The van der Waals surface area contributed by atoms with Gasteiger partial charge >= 0.3 is 5.97 Å². The van der Waals surface area contributed by atoms with Crippen molar-refractivity contribution in [3.63, 3.8) is 0 Å². The van der Waals surface area contributed by atoms with Crippen molar-refractivity contribution in [2.45, 2.75) is 32.3 Å². The Labute approximate surface area is 124 Å². The van der Waals surface area contributed by atoms with Gasteiger partial charge < -0.3 is 19.3 Å². The molecule has 1 aromatic heterocycles. The van der Waals surface area contributed by atoms with E-state index in [1.165, 1.54) is 0 Å². The van der Waals surface area contributed by atoms with Crippen LogP contribution < -0.4 is 0 Å². The van der Waals surface area contributed by atoms with Crippen molar-refractivity contribution in [3.05, 3.63) is 23.5 Å². The van der Waals surface area contributed by atoms with Crippen molar-refractivity contribution >= 4 is 11.9 Å². The number of carbonyl (C=O) groups excluding carboxylic acids is 1. The third-order valence-electron chi connectivity index (χ3n) is 3.99. The van der Waals surface area contributed by atoms with Crippen molar-refractivity contribution in [1.82, 2.24) is 9.47 Å². The second kappa shape index (κ2) is 6.76. The molecule has 1 aromatic rings. The van der Waals surface area contributed by atoms with Crippen molar-refractivity contribution in [2.75, 3.05) is 19.7 Å². The van der Waals surface area contributed by atoms with Gasteiger partial charge in [-0.3, -0.25) is 9.59 Å². The minimum Gasteiger partial charge on any atom is -0.481 e. The first-order chi connectivity index (χ1) is 9.99. The number of carboxylic acids is 1. The van der Waals surface area contributed by atoms with Crippen LogP contribution in [0.2, 0.25) is 0 Å². The number of carboxylic acid groups (broad SMARTS) is 1. The molecule has 1 aliphatic rings. The van der Waals surface area contributed by atoms with E-state index in [9.17, 15) is 9.59 Å². The first-order valence-electron chi connectivity index (χ1n) is 7.24. The molecule has 6 heteroatoms. The van der Waals surface area contributed by atoms with Crippen molar-refractivity contribution in [3.8, 4) is 0 Å². The molecule has 1 fully saturated rings. The molecule has 0 saturated carbocycles. The number of nitrogens with zero attached hydrogens (tertiary/aromatic N) is 2. The number of hydrogen-bond acceptors (Lipinski definition) is 3. The third kappa shape index (κ3) is 3.85. The summed E-state index contributed by atoms with van der Waals surface area (Å²) in [7, 11) is 1.89. The van der Waals surface area contributed by atoms with Crippen LogP contribution in [0, 0.1) is 6.92 Å². The summed E-state index contributed by atoms with van der Waals surface area (Å²) in [6, 6.07) is 3.79. The van der Waals surface area contributed by atoms with Crippen LogP contribution >= 0.6 is 0 Å². The molecule has 0 spiro atoms. The number of piperidine rings is 1.